The molecule has 0 spiro atoms. The molecule has 0 aliphatic rings. The van der Waals surface area contributed by atoms with E-state index in [4.69, 9.17) is 4.74 Å². The molecule has 2 rings (SSSR count). The van der Waals surface area contributed by atoms with E-state index in [1.807, 2.05) is 36.4 Å². The minimum absolute atomic E-state index is 0.295. The Labute approximate surface area is 123 Å². The largest absolute Gasteiger partial charge is 0.465 e. The van der Waals surface area contributed by atoms with Crippen molar-refractivity contribution in [1.82, 2.24) is 0 Å². The third kappa shape index (κ3) is 4.28. The van der Waals surface area contributed by atoms with Crippen LogP contribution in [-0.2, 0) is 10.5 Å². The Kier molecular flexibility index (Phi) is 5.44. The maximum absolute atomic E-state index is 11.4. The Morgan fingerprint density at radius 3 is 2.70 bits per heavy atom. The molecule has 0 bridgehead atoms. The summed E-state index contributed by atoms with van der Waals surface area (Å²) in [5, 5.41) is 2.07. The molecule has 0 atom stereocenters. The predicted molar refractivity (Wildman–Crippen MR) is 84.6 cm³/mol. The molecule has 2 nitrogen and oxygen atoms in total. The van der Waals surface area contributed by atoms with Crippen LogP contribution in [0.5, 0.6) is 0 Å². The molecule has 2 aromatic carbocycles. The van der Waals surface area contributed by atoms with Gasteiger partial charge in [0.05, 0.1) is 12.7 Å². The van der Waals surface area contributed by atoms with Crippen LogP contribution in [0.4, 0.5) is 0 Å². The van der Waals surface area contributed by atoms with Gasteiger partial charge in [0.1, 0.15) is 0 Å². The first-order valence-electron chi connectivity index (χ1n) is 6.30. The van der Waals surface area contributed by atoms with Crippen molar-refractivity contribution in [3.8, 4) is 0 Å². The average Bonchev–Trinajstić information content (AvgIpc) is 2.52. The van der Waals surface area contributed by atoms with E-state index in [9.17, 15) is 4.79 Å². The van der Waals surface area contributed by atoms with Gasteiger partial charge in [-0.2, -0.15) is 0 Å². The fourth-order valence-corrected chi connectivity index (χ4v) is 2.46. The lowest BCUT2D eigenvalue weighted by atomic mass is 10.1. The van der Waals surface area contributed by atoms with Gasteiger partial charge in [0, 0.05) is 5.75 Å². The van der Waals surface area contributed by atoms with Crippen LogP contribution in [0.3, 0.4) is 0 Å². The van der Waals surface area contributed by atoms with Gasteiger partial charge in [0.2, 0.25) is 0 Å². The van der Waals surface area contributed by atoms with E-state index < -0.39 is 0 Å². The monoisotopic (exact) mass is 284 g/mol. The first-order chi connectivity index (χ1) is 9.79. The van der Waals surface area contributed by atoms with E-state index >= 15 is 0 Å². The number of rotatable bonds is 5. The van der Waals surface area contributed by atoms with Crippen LogP contribution in [0.1, 0.15) is 21.5 Å². The van der Waals surface area contributed by atoms with Gasteiger partial charge in [-0.05, 0) is 34.7 Å². The quantitative estimate of drug-likeness (QED) is 0.762. The molecule has 0 heterocycles. The summed E-state index contributed by atoms with van der Waals surface area (Å²) in [6.45, 7) is 0. The van der Waals surface area contributed by atoms with E-state index in [2.05, 4.69) is 23.6 Å². The number of carbonyl (C=O) groups is 1. The zero-order valence-electron chi connectivity index (χ0n) is 11.3. The minimum atomic E-state index is -0.295. The fraction of sp³-hybridized carbons (Fsp3) is 0.118. The van der Waals surface area contributed by atoms with Gasteiger partial charge in [-0.3, -0.25) is 0 Å². The molecule has 0 saturated heterocycles. The first-order valence-corrected chi connectivity index (χ1v) is 7.35. The molecule has 0 aromatic heterocycles. The Bertz CT molecular complexity index is 591. The summed E-state index contributed by atoms with van der Waals surface area (Å²) in [4.78, 5) is 11.4. The van der Waals surface area contributed by atoms with Gasteiger partial charge < -0.3 is 4.74 Å². The molecular weight excluding hydrogens is 268 g/mol. The normalized spacial score (nSPS) is 10.7. The topological polar surface area (TPSA) is 26.3 Å². The van der Waals surface area contributed by atoms with Crippen LogP contribution >= 0.6 is 11.8 Å². The maximum atomic E-state index is 11.4. The molecule has 102 valence electrons. The Morgan fingerprint density at radius 2 is 1.95 bits per heavy atom. The number of benzene rings is 2. The van der Waals surface area contributed by atoms with Gasteiger partial charge >= 0.3 is 5.97 Å². The Hall–Kier alpha value is -2.00. The summed E-state index contributed by atoms with van der Waals surface area (Å²) < 4.78 is 4.72. The lowest BCUT2D eigenvalue weighted by Gasteiger charge is -2.02. The highest BCUT2D eigenvalue weighted by molar-refractivity contribution is 8.01. The molecular formula is C17H16O2S. The van der Waals surface area contributed by atoms with Crippen LogP contribution in [0.15, 0.2) is 60.0 Å². The second kappa shape index (κ2) is 7.56. The number of hydrogen-bond donors (Lipinski definition) is 0. The first kappa shape index (κ1) is 14.4. The second-order valence-electron chi connectivity index (χ2n) is 4.22. The van der Waals surface area contributed by atoms with Crippen LogP contribution < -0.4 is 0 Å². The van der Waals surface area contributed by atoms with Crippen LogP contribution in [-0.4, -0.2) is 13.1 Å². The maximum Gasteiger partial charge on any atom is 0.337 e. The second-order valence-corrected chi connectivity index (χ2v) is 5.11. The minimum Gasteiger partial charge on any atom is -0.465 e. The lowest BCUT2D eigenvalue weighted by Crippen LogP contribution is -2.01. The predicted octanol–water partition coefficient (Wildman–Crippen LogP) is 4.38. The average molecular weight is 284 g/mol. The van der Waals surface area contributed by atoms with Crippen LogP contribution in [0, 0.1) is 0 Å². The van der Waals surface area contributed by atoms with E-state index in [-0.39, 0.29) is 5.97 Å². The summed E-state index contributed by atoms with van der Waals surface area (Å²) in [5.74, 6) is 0.533. The molecule has 0 radical (unpaired) electrons. The third-order valence-corrected chi connectivity index (χ3v) is 3.58. The van der Waals surface area contributed by atoms with Crippen molar-refractivity contribution in [3.05, 3.63) is 76.7 Å². The van der Waals surface area contributed by atoms with E-state index in [0.717, 1.165) is 11.3 Å². The fourth-order valence-electron chi connectivity index (χ4n) is 1.74. The molecule has 0 amide bonds. The van der Waals surface area contributed by atoms with E-state index in [1.165, 1.54) is 12.7 Å². The Morgan fingerprint density at radius 1 is 1.15 bits per heavy atom. The smallest absolute Gasteiger partial charge is 0.337 e. The van der Waals surface area contributed by atoms with Crippen molar-refractivity contribution in [2.45, 2.75) is 5.75 Å². The zero-order valence-corrected chi connectivity index (χ0v) is 12.1. The van der Waals surface area contributed by atoms with Crippen molar-refractivity contribution in [2.75, 3.05) is 7.11 Å². The number of carbonyl (C=O) groups excluding carboxylic acids is 1. The SMILES string of the molecule is COC(=O)c1cccc(CSC=Cc2ccccc2)c1. The molecule has 0 aliphatic heterocycles. The van der Waals surface area contributed by atoms with E-state index in [1.54, 1.807) is 17.8 Å². The molecule has 0 N–H and O–H groups in total. The molecule has 20 heavy (non-hydrogen) atoms. The zero-order chi connectivity index (χ0) is 14.2. The van der Waals surface area contributed by atoms with Crippen molar-refractivity contribution >= 4 is 23.8 Å². The van der Waals surface area contributed by atoms with Gasteiger partial charge in [0.15, 0.2) is 0 Å². The molecule has 0 unspecified atom stereocenters. The highest BCUT2D eigenvalue weighted by atomic mass is 32.2. The number of thioether (sulfide) groups is 1. The number of esters is 1. The van der Waals surface area contributed by atoms with Gasteiger partial charge in [0.25, 0.3) is 0 Å². The number of ether oxygens (including phenoxy) is 1. The summed E-state index contributed by atoms with van der Waals surface area (Å²) in [7, 11) is 1.40. The molecule has 0 fully saturated rings. The standard InChI is InChI=1S/C17H16O2S/c1-19-17(18)16-9-5-8-15(12-16)13-20-11-10-14-6-3-2-4-7-14/h2-12H,13H2,1H3. The van der Waals surface area contributed by atoms with Gasteiger partial charge in [-0.15, -0.1) is 11.8 Å². The highest BCUT2D eigenvalue weighted by Crippen LogP contribution is 2.16. The molecule has 3 heteroatoms. The summed E-state index contributed by atoms with van der Waals surface area (Å²) >= 11 is 1.70. The van der Waals surface area contributed by atoms with Gasteiger partial charge in [-0.1, -0.05) is 42.5 Å². The number of methoxy groups -OCH3 is 1. The highest BCUT2D eigenvalue weighted by Gasteiger charge is 2.04. The van der Waals surface area contributed by atoms with Crippen LogP contribution in [0.2, 0.25) is 0 Å². The summed E-state index contributed by atoms with van der Waals surface area (Å²) in [6, 6.07) is 17.7. The summed E-state index contributed by atoms with van der Waals surface area (Å²) in [6.07, 6.45) is 2.08. The van der Waals surface area contributed by atoms with Crippen molar-refractivity contribution in [2.24, 2.45) is 0 Å². The van der Waals surface area contributed by atoms with Crippen molar-refractivity contribution in [3.63, 3.8) is 0 Å². The van der Waals surface area contributed by atoms with E-state index in [0.29, 0.717) is 5.56 Å². The molecule has 0 aliphatic carbocycles. The number of hydrogen-bond acceptors (Lipinski definition) is 3. The Balaban J connectivity index is 1.91. The van der Waals surface area contributed by atoms with Crippen LogP contribution in [0.25, 0.3) is 6.08 Å². The van der Waals surface area contributed by atoms with Crippen molar-refractivity contribution < 1.29 is 9.53 Å². The van der Waals surface area contributed by atoms with Gasteiger partial charge in [-0.25, -0.2) is 4.79 Å². The third-order valence-electron chi connectivity index (χ3n) is 2.75. The molecule has 0 saturated carbocycles. The lowest BCUT2D eigenvalue weighted by molar-refractivity contribution is 0.0600. The van der Waals surface area contributed by atoms with Crippen molar-refractivity contribution in [1.29, 1.82) is 0 Å². The molecule has 2 aromatic rings. The summed E-state index contributed by atoms with van der Waals surface area (Å²) in [5.41, 5.74) is 2.89.